The topological polar surface area (TPSA) is 17.1 Å². The molecule has 0 aromatic heterocycles. The van der Waals surface area contributed by atoms with E-state index in [1.165, 1.54) is 0 Å². The van der Waals surface area contributed by atoms with Crippen molar-refractivity contribution in [2.45, 2.75) is 19.1 Å². The van der Waals surface area contributed by atoms with Gasteiger partial charge in [-0.2, -0.15) is 0 Å². The summed E-state index contributed by atoms with van der Waals surface area (Å²) in [6.45, 7) is 3.87. The maximum absolute atomic E-state index is 11.5. The van der Waals surface area contributed by atoms with Crippen LogP contribution in [0.2, 0.25) is 5.02 Å². The average molecular weight is 217 g/mol. The van der Waals surface area contributed by atoms with Gasteiger partial charge in [-0.3, -0.25) is 4.21 Å². The van der Waals surface area contributed by atoms with E-state index in [1.807, 2.05) is 38.1 Å². The highest BCUT2D eigenvalue weighted by Gasteiger charge is 2.13. The van der Waals surface area contributed by atoms with E-state index in [0.717, 1.165) is 5.56 Å². The summed E-state index contributed by atoms with van der Waals surface area (Å²) in [6, 6.07) is 7.57. The molecule has 0 heterocycles. The molecule has 1 rings (SSSR count). The molecule has 72 valence electrons. The summed E-state index contributed by atoms with van der Waals surface area (Å²) in [7, 11) is -0.817. The second kappa shape index (κ2) is 4.77. The summed E-state index contributed by atoms with van der Waals surface area (Å²) < 4.78 is 11.5. The Morgan fingerprint density at radius 3 is 2.62 bits per heavy atom. The fourth-order valence-corrected chi connectivity index (χ4v) is 2.55. The Morgan fingerprint density at radius 1 is 1.46 bits per heavy atom. The molecule has 0 fully saturated rings. The van der Waals surface area contributed by atoms with E-state index in [9.17, 15) is 4.21 Å². The smallest absolute Gasteiger partial charge is 0.0583 e. The average Bonchev–Trinajstić information content (AvgIpc) is 2.16. The lowest BCUT2D eigenvalue weighted by Gasteiger charge is -2.11. The van der Waals surface area contributed by atoms with Gasteiger partial charge in [0.25, 0.3) is 0 Å². The third-order valence-corrected chi connectivity index (χ3v) is 3.98. The molecule has 0 bridgehead atoms. The van der Waals surface area contributed by atoms with Crippen molar-refractivity contribution in [3.63, 3.8) is 0 Å². The molecule has 0 saturated heterocycles. The van der Waals surface area contributed by atoms with Crippen LogP contribution in [0.1, 0.15) is 24.7 Å². The molecule has 0 spiro atoms. The van der Waals surface area contributed by atoms with Gasteiger partial charge in [0.2, 0.25) is 0 Å². The van der Waals surface area contributed by atoms with Crippen LogP contribution in [0.15, 0.2) is 24.3 Å². The number of benzene rings is 1. The van der Waals surface area contributed by atoms with Crippen LogP contribution in [0.5, 0.6) is 0 Å². The van der Waals surface area contributed by atoms with Crippen molar-refractivity contribution in [1.29, 1.82) is 0 Å². The van der Waals surface area contributed by atoms with E-state index in [0.29, 0.717) is 10.8 Å². The van der Waals surface area contributed by atoms with Crippen molar-refractivity contribution in [2.75, 3.05) is 5.75 Å². The predicted octanol–water partition coefficient (Wildman–Crippen LogP) is 3.17. The molecule has 0 radical (unpaired) electrons. The van der Waals surface area contributed by atoms with Crippen LogP contribution in [0.3, 0.4) is 0 Å². The van der Waals surface area contributed by atoms with Gasteiger partial charge in [0.1, 0.15) is 0 Å². The molecular weight excluding hydrogens is 204 g/mol. The van der Waals surface area contributed by atoms with Crippen LogP contribution >= 0.6 is 11.6 Å². The van der Waals surface area contributed by atoms with Gasteiger partial charge in [-0.05, 0) is 18.6 Å². The molecule has 0 N–H and O–H groups in total. The minimum absolute atomic E-state index is 0.0266. The molecule has 0 aliphatic heterocycles. The van der Waals surface area contributed by atoms with E-state index in [1.54, 1.807) is 0 Å². The van der Waals surface area contributed by atoms with E-state index in [-0.39, 0.29) is 5.25 Å². The van der Waals surface area contributed by atoms with Crippen molar-refractivity contribution in [1.82, 2.24) is 0 Å². The maximum atomic E-state index is 11.5. The third-order valence-electron chi connectivity index (χ3n) is 2.02. The first kappa shape index (κ1) is 10.7. The molecule has 2 atom stereocenters. The third kappa shape index (κ3) is 2.55. The first-order chi connectivity index (χ1) is 6.16. The van der Waals surface area contributed by atoms with E-state index >= 15 is 0 Å². The molecule has 1 aromatic carbocycles. The lowest BCUT2D eigenvalue weighted by atomic mass is 10.2. The van der Waals surface area contributed by atoms with Crippen LogP contribution in [-0.4, -0.2) is 9.96 Å². The SMILES string of the molecule is CCS(=O)C(C)c1ccccc1Cl. The Hall–Kier alpha value is -0.340. The molecule has 1 nitrogen and oxygen atoms in total. The monoisotopic (exact) mass is 216 g/mol. The van der Waals surface area contributed by atoms with E-state index < -0.39 is 10.8 Å². The van der Waals surface area contributed by atoms with Crippen molar-refractivity contribution < 1.29 is 4.21 Å². The molecule has 0 amide bonds. The van der Waals surface area contributed by atoms with Crippen molar-refractivity contribution in [3.8, 4) is 0 Å². The normalized spacial score (nSPS) is 15.3. The summed E-state index contributed by atoms with van der Waals surface area (Å²) in [5.74, 6) is 0.673. The summed E-state index contributed by atoms with van der Waals surface area (Å²) in [5, 5.41) is 0.732. The van der Waals surface area contributed by atoms with Gasteiger partial charge in [0, 0.05) is 21.6 Å². The van der Waals surface area contributed by atoms with Crippen LogP contribution in [0.25, 0.3) is 0 Å². The van der Waals surface area contributed by atoms with Gasteiger partial charge in [-0.25, -0.2) is 0 Å². The molecule has 1 aromatic rings. The van der Waals surface area contributed by atoms with Crippen molar-refractivity contribution in [2.24, 2.45) is 0 Å². The second-order valence-corrected chi connectivity index (χ2v) is 5.29. The van der Waals surface area contributed by atoms with Gasteiger partial charge in [0.15, 0.2) is 0 Å². The van der Waals surface area contributed by atoms with Crippen LogP contribution in [0.4, 0.5) is 0 Å². The fraction of sp³-hybridized carbons (Fsp3) is 0.400. The Morgan fingerprint density at radius 2 is 2.08 bits per heavy atom. The Kier molecular flexibility index (Phi) is 3.94. The number of hydrogen-bond donors (Lipinski definition) is 0. The summed E-state index contributed by atoms with van der Waals surface area (Å²) >= 11 is 5.99. The maximum Gasteiger partial charge on any atom is 0.0583 e. The minimum atomic E-state index is -0.817. The number of rotatable bonds is 3. The fourth-order valence-electron chi connectivity index (χ4n) is 1.20. The largest absolute Gasteiger partial charge is 0.259 e. The van der Waals surface area contributed by atoms with E-state index in [4.69, 9.17) is 11.6 Å². The number of hydrogen-bond acceptors (Lipinski definition) is 1. The molecule has 0 aliphatic carbocycles. The molecule has 13 heavy (non-hydrogen) atoms. The minimum Gasteiger partial charge on any atom is -0.259 e. The van der Waals surface area contributed by atoms with E-state index in [2.05, 4.69) is 0 Å². The van der Waals surface area contributed by atoms with Gasteiger partial charge >= 0.3 is 0 Å². The van der Waals surface area contributed by atoms with Crippen LogP contribution in [-0.2, 0) is 10.8 Å². The van der Waals surface area contributed by atoms with Crippen LogP contribution < -0.4 is 0 Å². The Bertz CT molecular complexity index is 312. The summed E-state index contributed by atoms with van der Waals surface area (Å²) in [6.07, 6.45) is 0. The second-order valence-electron chi connectivity index (χ2n) is 2.83. The van der Waals surface area contributed by atoms with Gasteiger partial charge in [-0.1, -0.05) is 36.7 Å². The first-order valence-corrected chi connectivity index (χ1v) is 6.04. The van der Waals surface area contributed by atoms with Gasteiger partial charge in [-0.15, -0.1) is 0 Å². The Labute approximate surface area is 86.6 Å². The molecule has 0 aliphatic rings. The molecular formula is C10H13ClOS. The quantitative estimate of drug-likeness (QED) is 0.759. The lowest BCUT2D eigenvalue weighted by Crippen LogP contribution is -2.04. The standard InChI is InChI=1S/C10H13ClOS/c1-3-13(12)8(2)9-6-4-5-7-10(9)11/h4-8H,3H2,1-2H3. The molecule has 3 heteroatoms. The first-order valence-electron chi connectivity index (χ1n) is 4.28. The molecule has 2 unspecified atom stereocenters. The highest BCUT2D eigenvalue weighted by molar-refractivity contribution is 7.85. The zero-order valence-electron chi connectivity index (χ0n) is 7.79. The van der Waals surface area contributed by atoms with Crippen molar-refractivity contribution in [3.05, 3.63) is 34.9 Å². The summed E-state index contributed by atoms with van der Waals surface area (Å²) in [5.41, 5.74) is 0.976. The zero-order valence-corrected chi connectivity index (χ0v) is 9.36. The van der Waals surface area contributed by atoms with Crippen LogP contribution in [0, 0.1) is 0 Å². The zero-order chi connectivity index (χ0) is 9.84. The Balaban J connectivity index is 2.95. The summed E-state index contributed by atoms with van der Waals surface area (Å²) in [4.78, 5) is 0. The van der Waals surface area contributed by atoms with Gasteiger partial charge in [0.05, 0.1) is 5.25 Å². The molecule has 0 saturated carbocycles. The predicted molar refractivity (Wildman–Crippen MR) is 58.6 cm³/mol. The lowest BCUT2D eigenvalue weighted by molar-refractivity contribution is 0.677. The van der Waals surface area contributed by atoms with Gasteiger partial charge < -0.3 is 0 Å². The number of halogens is 1. The van der Waals surface area contributed by atoms with Crippen molar-refractivity contribution >= 4 is 22.4 Å². The highest BCUT2D eigenvalue weighted by atomic mass is 35.5. The highest BCUT2D eigenvalue weighted by Crippen LogP contribution is 2.26.